The molecular formula is C22H19N5O2S. The van der Waals surface area contributed by atoms with E-state index in [1.807, 2.05) is 60.7 Å². The Balaban J connectivity index is 1.59. The van der Waals surface area contributed by atoms with Crippen molar-refractivity contribution in [1.82, 2.24) is 19.9 Å². The summed E-state index contributed by atoms with van der Waals surface area (Å²) < 4.78 is 13.4. The molecule has 0 aliphatic rings. The molecule has 0 saturated heterocycles. The summed E-state index contributed by atoms with van der Waals surface area (Å²) in [4.78, 5) is 4.03. The van der Waals surface area contributed by atoms with Crippen LogP contribution in [0.1, 0.15) is 11.1 Å². The Labute approximate surface area is 178 Å². The predicted molar refractivity (Wildman–Crippen MR) is 117 cm³/mol. The molecule has 0 aliphatic carbocycles. The van der Waals surface area contributed by atoms with E-state index in [0.717, 1.165) is 16.7 Å². The molecule has 4 rings (SSSR count). The Bertz CT molecular complexity index is 1200. The Morgan fingerprint density at radius 3 is 2.63 bits per heavy atom. The number of aromatic amines is 1. The first kappa shape index (κ1) is 19.5. The Hall–Kier alpha value is -3.78. The van der Waals surface area contributed by atoms with Gasteiger partial charge in [-0.25, -0.2) is 5.10 Å². The van der Waals surface area contributed by atoms with Crippen molar-refractivity contribution in [1.29, 1.82) is 0 Å². The SMILES string of the molecule is COc1ccc(/C=N/n2c(-c3ccncc3)n[nH]c2=S)cc1OCc1ccccc1. The van der Waals surface area contributed by atoms with E-state index in [-0.39, 0.29) is 0 Å². The van der Waals surface area contributed by atoms with Crippen LogP contribution in [0.2, 0.25) is 0 Å². The van der Waals surface area contributed by atoms with Crippen LogP contribution in [0, 0.1) is 4.77 Å². The second kappa shape index (κ2) is 9.15. The molecule has 2 heterocycles. The third kappa shape index (κ3) is 4.44. The minimum absolute atomic E-state index is 0.395. The molecule has 1 N–H and O–H groups in total. The van der Waals surface area contributed by atoms with Gasteiger partial charge in [0.15, 0.2) is 17.3 Å². The highest BCUT2D eigenvalue weighted by molar-refractivity contribution is 7.71. The Kier molecular flexibility index (Phi) is 5.95. The number of hydrogen-bond donors (Lipinski definition) is 1. The average molecular weight is 417 g/mol. The average Bonchev–Trinajstić information content (AvgIpc) is 3.18. The van der Waals surface area contributed by atoms with Crippen molar-refractivity contribution in [2.45, 2.75) is 6.61 Å². The molecule has 30 heavy (non-hydrogen) atoms. The lowest BCUT2D eigenvalue weighted by molar-refractivity contribution is 0.284. The third-order valence-corrected chi connectivity index (χ3v) is 4.60. The summed E-state index contributed by atoms with van der Waals surface area (Å²) in [7, 11) is 1.62. The van der Waals surface area contributed by atoms with Gasteiger partial charge < -0.3 is 9.47 Å². The summed E-state index contributed by atoms with van der Waals surface area (Å²) in [5.74, 6) is 1.89. The molecule has 8 heteroatoms. The molecule has 0 radical (unpaired) electrons. The lowest BCUT2D eigenvalue weighted by atomic mass is 10.2. The van der Waals surface area contributed by atoms with Gasteiger partial charge in [-0.15, -0.1) is 0 Å². The highest BCUT2D eigenvalue weighted by atomic mass is 32.1. The number of nitrogens with zero attached hydrogens (tertiary/aromatic N) is 4. The molecule has 0 spiro atoms. The first-order chi connectivity index (χ1) is 14.7. The topological polar surface area (TPSA) is 77.3 Å². The highest BCUT2D eigenvalue weighted by Crippen LogP contribution is 2.28. The second-order valence-corrected chi connectivity index (χ2v) is 6.72. The molecule has 0 bridgehead atoms. The van der Waals surface area contributed by atoms with Crippen LogP contribution in [0.4, 0.5) is 0 Å². The molecule has 0 fully saturated rings. The molecule has 150 valence electrons. The zero-order valence-electron chi connectivity index (χ0n) is 16.2. The lowest BCUT2D eigenvalue weighted by Gasteiger charge is -2.11. The fourth-order valence-corrected chi connectivity index (χ4v) is 3.01. The van der Waals surface area contributed by atoms with Crippen molar-refractivity contribution in [3.8, 4) is 22.9 Å². The van der Waals surface area contributed by atoms with E-state index in [1.165, 1.54) is 0 Å². The van der Waals surface area contributed by atoms with Crippen molar-refractivity contribution in [2.24, 2.45) is 5.10 Å². The van der Waals surface area contributed by atoms with Gasteiger partial charge in [-0.05, 0) is 53.7 Å². The number of nitrogens with one attached hydrogen (secondary N) is 1. The van der Waals surface area contributed by atoms with E-state index in [0.29, 0.717) is 28.7 Å². The van der Waals surface area contributed by atoms with Crippen molar-refractivity contribution in [3.05, 3.63) is 89.0 Å². The van der Waals surface area contributed by atoms with Crippen LogP contribution in [-0.4, -0.2) is 33.2 Å². The fraction of sp³-hybridized carbons (Fsp3) is 0.0909. The molecule has 7 nitrogen and oxygen atoms in total. The first-order valence-electron chi connectivity index (χ1n) is 9.21. The molecule has 2 aromatic heterocycles. The maximum Gasteiger partial charge on any atom is 0.216 e. The number of hydrogen-bond acceptors (Lipinski definition) is 6. The minimum atomic E-state index is 0.395. The summed E-state index contributed by atoms with van der Waals surface area (Å²) in [5, 5.41) is 11.5. The molecule has 0 amide bonds. The van der Waals surface area contributed by atoms with E-state index in [4.69, 9.17) is 21.7 Å². The van der Waals surface area contributed by atoms with Gasteiger partial charge in [0.05, 0.1) is 13.3 Å². The van der Waals surface area contributed by atoms with Gasteiger partial charge in [0.25, 0.3) is 0 Å². The van der Waals surface area contributed by atoms with Crippen LogP contribution >= 0.6 is 12.2 Å². The maximum atomic E-state index is 5.97. The van der Waals surface area contributed by atoms with Crippen LogP contribution in [0.15, 0.2) is 78.2 Å². The van der Waals surface area contributed by atoms with E-state index < -0.39 is 0 Å². The van der Waals surface area contributed by atoms with Gasteiger partial charge in [-0.2, -0.15) is 14.9 Å². The number of pyridine rings is 1. The molecule has 0 saturated carbocycles. The van der Waals surface area contributed by atoms with Crippen molar-refractivity contribution in [2.75, 3.05) is 7.11 Å². The van der Waals surface area contributed by atoms with Gasteiger partial charge in [0.1, 0.15) is 6.61 Å². The van der Waals surface area contributed by atoms with Crippen molar-refractivity contribution in [3.63, 3.8) is 0 Å². The van der Waals surface area contributed by atoms with Crippen LogP contribution in [0.25, 0.3) is 11.4 Å². The van der Waals surface area contributed by atoms with Gasteiger partial charge in [-0.1, -0.05) is 30.3 Å². The largest absolute Gasteiger partial charge is 0.493 e. The van der Waals surface area contributed by atoms with Crippen LogP contribution < -0.4 is 9.47 Å². The van der Waals surface area contributed by atoms with Crippen molar-refractivity contribution >= 4 is 18.4 Å². The van der Waals surface area contributed by atoms with Crippen LogP contribution in [0.5, 0.6) is 11.5 Å². The van der Waals surface area contributed by atoms with E-state index in [9.17, 15) is 0 Å². The molecule has 2 aromatic carbocycles. The Morgan fingerprint density at radius 1 is 1.07 bits per heavy atom. The highest BCUT2D eigenvalue weighted by Gasteiger charge is 2.09. The minimum Gasteiger partial charge on any atom is -0.493 e. The second-order valence-electron chi connectivity index (χ2n) is 6.33. The van der Waals surface area contributed by atoms with E-state index in [1.54, 1.807) is 30.4 Å². The van der Waals surface area contributed by atoms with Gasteiger partial charge in [0.2, 0.25) is 4.77 Å². The summed E-state index contributed by atoms with van der Waals surface area (Å²) in [5.41, 5.74) is 2.77. The third-order valence-electron chi connectivity index (χ3n) is 4.34. The number of benzene rings is 2. The van der Waals surface area contributed by atoms with E-state index in [2.05, 4.69) is 20.3 Å². The van der Waals surface area contributed by atoms with Gasteiger partial charge >= 0.3 is 0 Å². The monoisotopic (exact) mass is 417 g/mol. The van der Waals surface area contributed by atoms with Crippen LogP contribution in [-0.2, 0) is 6.61 Å². The molecular weight excluding hydrogens is 398 g/mol. The normalized spacial score (nSPS) is 11.0. The predicted octanol–water partition coefficient (Wildman–Crippen LogP) is 4.47. The summed E-state index contributed by atoms with van der Waals surface area (Å²) in [6.07, 6.45) is 5.09. The number of H-pyrrole nitrogens is 1. The molecule has 4 aromatic rings. The summed E-state index contributed by atoms with van der Waals surface area (Å²) >= 11 is 5.32. The van der Waals surface area contributed by atoms with E-state index >= 15 is 0 Å². The first-order valence-corrected chi connectivity index (χ1v) is 9.62. The van der Waals surface area contributed by atoms with Crippen LogP contribution in [0.3, 0.4) is 0 Å². The lowest BCUT2D eigenvalue weighted by Crippen LogP contribution is -1.99. The standard InChI is InChI=1S/C22H19N5O2S/c1-28-19-8-7-17(13-20(19)29-15-16-5-3-2-4-6-16)14-24-27-21(25-26-22(27)30)18-9-11-23-12-10-18/h2-14H,15H2,1H3,(H,26,30)/b24-14+. The summed E-state index contributed by atoms with van der Waals surface area (Å²) in [6, 6.07) is 19.3. The number of aromatic nitrogens is 4. The zero-order valence-corrected chi connectivity index (χ0v) is 17.0. The molecule has 0 atom stereocenters. The fourth-order valence-electron chi connectivity index (χ4n) is 2.83. The molecule has 0 aliphatic heterocycles. The maximum absolute atomic E-state index is 5.97. The number of methoxy groups -OCH3 is 1. The number of ether oxygens (including phenoxy) is 2. The zero-order chi connectivity index (χ0) is 20.8. The Morgan fingerprint density at radius 2 is 1.87 bits per heavy atom. The number of rotatable bonds is 7. The quantitative estimate of drug-likeness (QED) is 0.355. The smallest absolute Gasteiger partial charge is 0.216 e. The van der Waals surface area contributed by atoms with Crippen molar-refractivity contribution < 1.29 is 9.47 Å². The molecule has 0 unspecified atom stereocenters. The van der Waals surface area contributed by atoms with Gasteiger partial charge in [0, 0.05) is 18.0 Å². The van der Waals surface area contributed by atoms with Gasteiger partial charge in [-0.3, -0.25) is 4.98 Å². The summed E-state index contributed by atoms with van der Waals surface area (Å²) in [6.45, 7) is 0.441.